The number of H-pyrrole nitrogens is 1. The first-order valence-corrected chi connectivity index (χ1v) is 11.4. The Hall–Kier alpha value is -2.80. The van der Waals surface area contributed by atoms with E-state index in [1.165, 1.54) is 4.90 Å². The highest BCUT2D eigenvalue weighted by Gasteiger charge is 2.41. The van der Waals surface area contributed by atoms with E-state index in [4.69, 9.17) is 4.74 Å². The standard InChI is InChI=1S/C23H23N3O3S/c1-2-30-21-18-13-24-25-19(18)11-12-20(21)29-15-9-7-14(8-10-15)26-22(27)16-5-3-4-6-17(16)23(26)28/h3-6,11-15H,2,7-10H2,1H3,(H,24,25)/t14-,15-. The number of imide groups is 1. The Morgan fingerprint density at radius 2 is 1.77 bits per heavy atom. The van der Waals surface area contributed by atoms with Crippen molar-refractivity contribution in [2.24, 2.45) is 0 Å². The topological polar surface area (TPSA) is 75.3 Å². The molecule has 2 aromatic carbocycles. The van der Waals surface area contributed by atoms with Crippen LogP contribution in [0.15, 0.2) is 47.5 Å². The molecular formula is C23H23N3O3S. The van der Waals surface area contributed by atoms with E-state index >= 15 is 0 Å². The van der Waals surface area contributed by atoms with Crippen molar-refractivity contribution in [1.82, 2.24) is 15.1 Å². The minimum Gasteiger partial charge on any atom is -0.489 e. The summed E-state index contributed by atoms with van der Waals surface area (Å²) in [5.74, 6) is 1.52. The second-order valence-corrected chi connectivity index (χ2v) is 9.01. The van der Waals surface area contributed by atoms with Crippen molar-refractivity contribution in [1.29, 1.82) is 0 Å². The summed E-state index contributed by atoms with van der Waals surface area (Å²) in [6, 6.07) is 11.0. The van der Waals surface area contributed by atoms with Crippen molar-refractivity contribution in [3.05, 3.63) is 53.7 Å². The number of rotatable bonds is 5. The van der Waals surface area contributed by atoms with E-state index in [2.05, 4.69) is 17.1 Å². The zero-order chi connectivity index (χ0) is 20.7. The zero-order valence-electron chi connectivity index (χ0n) is 16.8. The third-order valence-corrected chi connectivity index (χ3v) is 6.95. The van der Waals surface area contributed by atoms with Gasteiger partial charge >= 0.3 is 0 Å². The first-order chi connectivity index (χ1) is 14.7. The molecular weight excluding hydrogens is 398 g/mol. The van der Waals surface area contributed by atoms with Gasteiger partial charge < -0.3 is 4.74 Å². The van der Waals surface area contributed by atoms with Gasteiger partial charge in [-0.25, -0.2) is 0 Å². The van der Waals surface area contributed by atoms with Crippen molar-refractivity contribution in [3.8, 4) is 5.75 Å². The fraction of sp³-hybridized carbons (Fsp3) is 0.348. The lowest BCUT2D eigenvalue weighted by Gasteiger charge is -2.33. The molecule has 1 saturated carbocycles. The molecule has 0 bridgehead atoms. The number of amides is 2. The van der Waals surface area contributed by atoms with Gasteiger partial charge in [0.15, 0.2) is 0 Å². The zero-order valence-corrected chi connectivity index (χ0v) is 17.6. The van der Waals surface area contributed by atoms with Crippen molar-refractivity contribution in [3.63, 3.8) is 0 Å². The fourth-order valence-electron chi connectivity index (χ4n) is 4.50. The second kappa shape index (κ2) is 7.80. The summed E-state index contributed by atoms with van der Waals surface area (Å²) in [6.07, 6.45) is 5.09. The van der Waals surface area contributed by atoms with Gasteiger partial charge in [0.2, 0.25) is 0 Å². The van der Waals surface area contributed by atoms with Gasteiger partial charge in [-0.1, -0.05) is 19.1 Å². The number of carbonyl (C=O) groups excluding carboxylic acids is 2. The number of aromatic amines is 1. The van der Waals surface area contributed by atoms with Crippen LogP contribution >= 0.6 is 11.8 Å². The highest BCUT2D eigenvalue weighted by Crippen LogP contribution is 2.38. The fourth-order valence-corrected chi connectivity index (χ4v) is 5.36. The van der Waals surface area contributed by atoms with Gasteiger partial charge in [0.05, 0.1) is 33.8 Å². The van der Waals surface area contributed by atoms with Crippen LogP contribution in [0.2, 0.25) is 0 Å². The molecule has 0 saturated heterocycles. The van der Waals surface area contributed by atoms with Crippen LogP contribution in [0.3, 0.4) is 0 Å². The largest absolute Gasteiger partial charge is 0.489 e. The molecule has 3 aromatic rings. The SMILES string of the molecule is CCSc1c(O[C@H]2CC[C@H](N3C(=O)c4ccccc4C3=O)CC2)ccc2[nH]ncc12. The molecule has 0 radical (unpaired) electrons. The quantitative estimate of drug-likeness (QED) is 0.479. The maximum absolute atomic E-state index is 12.8. The summed E-state index contributed by atoms with van der Waals surface area (Å²) in [5, 5.41) is 8.25. The number of hydrogen-bond donors (Lipinski definition) is 1. The predicted molar refractivity (Wildman–Crippen MR) is 116 cm³/mol. The highest BCUT2D eigenvalue weighted by atomic mass is 32.2. The third-order valence-electron chi connectivity index (χ3n) is 5.96. The first-order valence-electron chi connectivity index (χ1n) is 10.4. The normalized spacial score (nSPS) is 21.3. The van der Waals surface area contributed by atoms with E-state index < -0.39 is 0 Å². The van der Waals surface area contributed by atoms with Crippen molar-refractivity contribution in [2.75, 3.05) is 5.75 Å². The van der Waals surface area contributed by atoms with Crippen molar-refractivity contribution >= 4 is 34.5 Å². The van der Waals surface area contributed by atoms with Crippen molar-refractivity contribution < 1.29 is 14.3 Å². The molecule has 30 heavy (non-hydrogen) atoms. The molecule has 1 aliphatic heterocycles. The Morgan fingerprint density at radius 1 is 1.07 bits per heavy atom. The number of thioether (sulfide) groups is 1. The summed E-state index contributed by atoms with van der Waals surface area (Å²) >= 11 is 1.76. The predicted octanol–water partition coefficient (Wildman–Crippen LogP) is 4.66. The number of hydrogen-bond acceptors (Lipinski definition) is 5. The van der Waals surface area contributed by atoms with Crippen LogP contribution in [-0.2, 0) is 0 Å². The average molecular weight is 422 g/mol. The number of fused-ring (bicyclic) bond motifs is 2. The van der Waals surface area contributed by atoms with E-state index in [1.54, 1.807) is 36.0 Å². The summed E-state index contributed by atoms with van der Waals surface area (Å²) in [6.45, 7) is 2.13. The molecule has 0 unspecified atom stereocenters. The van der Waals surface area contributed by atoms with Crippen LogP contribution in [-0.4, -0.2) is 44.8 Å². The summed E-state index contributed by atoms with van der Waals surface area (Å²) in [5.41, 5.74) is 2.05. The molecule has 2 aliphatic rings. The van der Waals surface area contributed by atoms with Gasteiger partial charge in [-0.15, -0.1) is 11.8 Å². The van der Waals surface area contributed by atoms with E-state index in [1.807, 2.05) is 18.3 Å². The number of nitrogens with zero attached hydrogens (tertiary/aromatic N) is 2. The summed E-state index contributed by atoms with van der Waals surface area (Å²) in [4.78, 5) is 28.1. The van der Waals surface area contributed by atoms with Gasteiger partial charge in [-0.2, -0.15) is 5.10 Å². The molecule has 1 N–H and O–H groups in total. The lowest BCUT2D eigenvalue weighted by atomic mass is 9.91. The Bertz CT molecular complexity index is 1080. The van der Waals surface area contributed by atoms with Gasteiger partial charge in [-0.3, -0.25) is 19.6 Å². The molecule has 1 fully saturated rings. The Kier molecular flexibility index (Phi) is 4.98. The second-order valence-electron chi connectivity index (χ2n) is 7.73. The molecule has 2 amide bonds. The molecule has 1 aromatic heterocycles. The molecule has 2 heterocycles. The molecule has 6 nitrogen and oxygen atoms in total. The van der Waals surface area contributed by atoms with Crippen molar-refractivity contribution in [2.45, 2.75) is 49.6 Å². The summed E-state index contributed by atoms with van der Waals surface area (Å²) in [7, 11) is 0. The highest BCUT2D eigenvalue weighted by molar-refractivity contribution is 7.99. The molecule has 1 aliphatic carbocycles. The van der Waals surface area contributed by atoms with E-state index in [9.17, 15) is 9.59 Å². The Morgan fingerprint density at radius 3 is 2.43 bits per heavy atom. The van der Waals surface area contributed by atoms with Crippen LogP contribution in [0, 0.1) is 0 Å². The lowest BCUT2D eigenvalue weighted by molar-refractivity contribution is 0.0476. The van der Waals surface area contributed by atoms with Crippen LogP contribution in [0.5, 0.6) is 5.75 Å². The Balaban J connectivity index is 1.28. The van der Waals surface area contributed by atoms with Crippen LogP contribution in [0.1, 0.15) is 53.3 Å². The smallest absolute Gasteiger partial charge is 0.261 e. The van der Waals surface area contributed by atoms with E-state index in [-0.39, 0.29) is 24.0 Å². The van der Waals surface area contributed by atoms with Gasteiger partial charge in [-0.05, 0) is 55.7 Å². The lowest BCUT2D eigenvalue weighted by Crippen LogP contribution is -2.43. The monoisotopic (exact) mass is 421 g/mol. The van der Waals surface area contributed by atoms with Gasteiger partial charge in [0.25, 0.3) is 11.8 Å². The summed E-state index contributed by atoms with van der Waals surface area (Å²) < 4.78 is 6.39. The first kappa shape index (κ1) is 19.2. The number of aromatic nitrogens is 2. The van der Waals surface area contributed by atoms with Crippen LogP contribution in [0.4, 0.5) is 0 Å². The number of nitrogens with one attached hydrogen (secondary N) is 1. The average Bonchev–Trinajstić information content (AvgIpc) is 3.34. The minimum absolute atomic E-state index is 0.0573. The van der Waals surface area contributed by atoms with Crippen LogP contribution < -0.4 is 4.74 Å². The molecule has 0 atom stereocenters. The molecule has 154 valence electrons. The maximum atomic E-state index is 12.8. The van der Waals surface area contributed by atoms with Gasteiger partial charge in [0.1, 0.15) is 5.75 Å². The number of ether oxygens (including phenoxy) is 1. The Labute approximate surface area is 179 Å². The van der Waals surface area contributed by atoms with E-state index in [0.717, 1.165) is 53.0 Å². The maximum Gasteiger partial charge on any atom is 0.261 e. The number of benzene rings is 2. The minimum atomic E-state index is -0.160. The third kappa shape index (κ3) is 3.17. The molecule has 5 rings (SSSR count). The van der Waals surface area contributed by atoms with Gasteiger partial charge in [0, 0.05) is 11.4 Å². The van der Waals surface area contributed by atoms with E-state index in [0.29, 0.717) is 11.1 Å². The van der Waals surface area contributed by atoms with Crippen LogP contribution in [0.25, 0.3) is 10.9 Å². The number of carbonyl (C=O) groups is 2. The molecule has 7 heteroatoms. The molecule has 0 spiro atoms.